The maximum absolute atomic E-state index is 10.6. The van der Waals surface area contributed by atoms with Gasteiger partial charge in [-0.1, -0.05) is 42.8 Å². The summed E-state index contributed by atoms with van der Waals surface area (Å²) in [6, 6.07) is 11.4. The van der Waals surface area contributed by atoms with Crippen LogP contribution in [0.15, 0.2) is 40.9 Å². The molecule has 20 heavy (non-hydrogen) atoms. The van der Waals surface area contributed by atoms with Gasteiger partial charge in [-0.3, -0.25) is 0 Å². The van der Waals surface area contributed by atoms with Crippen LogP contribution in [0.3, 0.4) is 0 Å². The van der Waals surface area contributed by atoms with Gasteiger partial charge in [-0.2, -0.15) is 0 Å². The molecule has 0 spiro atoms. The lowest BCUT2D eigenvalue weighted by atomic mass is 9.99. The number of hydrogen-bond donors (Lipinski definition) is 1. The van der Waals surface area contributed by atoms with E-state index in [9.17, 15) is 5.11 Å². The van der Waals surface area contributed by atoms with E-state index in [-0.39, 0.29) is 0 Å². The Morgan fingerprint density at radius 2 is 1.90 bits per heavy atom. The summed E-state index contributed by atoms with van der Waals surface area (Å²) in [7, 11) is 1.57. The average molecular weight is 356 g/mol. The number of benzene rings is 2. The van der Waals surface area contributed by atoms with Gasteiger partial charge < -0.3 is 9.84 Å². The molecule has 1 N–H and O–H groups in total. The standard InChI is InChI=1S/C16H16BrClO2/c1-3-10-4-6-11(7-5-10)15(19)13-8-12(18)9-14(17)16(13)20-2/h4-9,15,19H,3H2,1-2H3. The normalized spacial score (nSPS) is 12.2. The molecular formula is C16H16BrClO2. The molecule has 2 aromatic carbocycles. The van der Waals surface area contributed by atoms with Gasteiger partial charge in [0.1, 0.15) is 11.9 Å². The fourth-order valence-corrected chi connectivity index (χ4v) is 3.11. The van der Waals surface area contributed by atoms with Crippen molar-refractivity contribution >= 4 is 27.5 Å². The smallest absolute Gasteiger partial charge is 0.139 e. The first kappa shape index (κ1) is 15.4. The van der Waals surface area contributed by atoms with Crippen molar-refractivity contribution < 1.29 is 9.84 Å². The number of ether oxygens (including phenoxy) is 1. The molecule has 0 heterocycles. The van der Waals surface area contributed by atoms with E-state index >= 15 is 0 Å². The molecule has 0 saturated carbocycles. The lowest BCUT2D eigenvalue weighted by Crippen LogP contribution is -2.03. The molecule has 0 aliphatic carbocycles. The van der Waals surface area contributed by atoms with Crippen molar-refractivity contribution in [2.24, 2.45) is 0 Å². The molecule has 4 heteroatoms. The van der Waals surface area contributed by atoms with Crippen LogP contribution in [0.2, 0.25) is 5.02 Å². The topological polar surface area (TPSA) is 29.5 Å². The highest BCUT2D eigenvalue weighted by molar-refractivity contribution is 9.10. The van der Waals surface area contributed by atoms with Crippen LogP contribution < -0.4 is 4.74 Å². The summed E-state index contributed by atoms with van der Waals surface area (Å²) in [6.07, 6.45) is 0.202. The maximum atomic E-state index is 10.6. The van der Waals surface area contributed by atoms with E-state index in [1.54, 1.807) is 19.2 Å². The minimum atomic E-state index is -0.772. The molecule has 0 fully saturated rings. The second kappa shape index (κ2) is 6.61. The zero-order chi connectivity index (χ0) is 14.7. The first-order valence-electron chi connectivity index (χ1n) is 6.36. The Hall–Kier alpha value is -1.03. The summed E-state index contributed by atoms with van der Waals surface area (Å²) in [5.41, 5.74) is 2.70. The van der Waals surface area contributed by atoms with E-state index in [4.69, 9.17) is 16.3 Å². The van der Waals surface area contributed by atoms with Gasteiger partial charge in [0.2, 0.25) is 0 Å². The van der Waals surface area contributed by atoms with Crippen molar-refractivity contribution in [1.29, 1.82) is 0 Å². The highest BCUT2D eigenvalue weighted by Crippen LogP contribution is 2.38. The molecule has 106 valence electrons. The number of methoxy groups -OCH3 is 1. The molecule has 2 rings (SSSR count). The number of aliphatic hydroxyl groups is 1. The quantitative estimate of drug-likeness (QED) is 0.857. The van der Waals surface area contributed by atoms with Crippen molar-refractivity contribution in [2.75, 3.05) is 7.11 Å². The fourth-order valence-electron chi connectivity index (χ4n) is 2.11. The van der Waals surface area contributed by atoms with E-state index in [1.165, 1.54) is 5.56 Å². The molecule has 0 saturated heterocycles. The van der Waals surface area contributed by atoms with Crippen LogP contribution in [0.25, 0.3) is 0 Å². The minimum absolute atomic E-state index is 0.553. The largest absolute Gasteiger partial charge is 0.495 e. The monoisotopic (exact) mass is 354 g/mol. The van der Waals surface area contributed by atoms with Crippen LogP contribution in [0, 0.1) is 0 Å². The number of rotatable bonds is 4. The van der Waals surface area contributed by atoms with E-state index < -0.39 is 6.10 Å². The molecule has 0 aromatic heterocycles. The highest BCUT2D eigenvalue weighted by atomic mass is 79.9. The zero-order valence-electron chi connectivity index (χ0n) is 11.4. The lowest BCUT2D eigenvalue weighted by Gasteiger charge is -2.17. The van der Waals surface area contributed by atoms with Gasteiger partial charge in [-0.05, 0) is 45.6 Å². The molecule has 0 amide bonds. The predicted molar refractivity (Wildman–Crippen MR) is 85.6 cm³/mol. The van der Waals surface area contributed by atoms with Crippen LogP contribution in [0.1, 0.15) is 29.7 Å². The third kappa shape index (κ3) is 3.17. The average Bonchev–Trinajstić information content (AvgIpc) is 2.46. The Labute approximate surface area is 132 Å². The third-order valence-corrected chi connectivity index (χ3v) is 4.05. The van der Waals surface area contributed by atoms with Gasteiger partial charge in [0.05, 0.1) is 11.6 Å². The van der Waals surface area contributed by atoms with Gasteiger partial charge in [0.15, 0.2) is 0 Å². The summed E-state index contributed by atoms with van der Waals surface area (Å²) >= 11 is 9.46. The van der Waals surface area contributed by atoms with E-state index in [0.717, 1.165) is 16.5 Å². The second-order valence-corrected chi connectivity index (χ2v) is 5.80. The van der Waals surface area contributed by atoms with Gasteiger partial charge >= 0.3 is 0 Å². The van der Waals surface area contributed by atoms with Crippen LogP contribution in [0.5, 0.6) is 5.75 Å². The SMILES string of the molecule is CCc1ccc(C(O)c2cc(Cl)cc(Br)c2OC)cc1. The van der Waals surface area contributed by atoms with Crippen molar-refractivity contribution in [1.82, 2.24) is 0 Å². The Morgan fingerprint density at radius 3 is 2.45 bits per heavy atom. The summed E-state index contributed by atoms with van der Waals surface area (Å²) in [5, 5.41) is 11.1. The highest BCUT2D eigenvalue weighted by Gasteiger charge is 2.18. The molecule has 1 unspecified atom stereocenters. The number of hydrogen-bond acceptors (Lipinski definition) is 2. The lowest BCUT2D eigenvalue weighted by molar-refractivity contribution is 0.214. The zero-order valence-corrected chi connectivity index (χ0v) is 13.7. The molecule has 2 nitrogen and oxygen atoms in total. The van der Waals surface area contributed by atoms with E-state index in [1.807, 2.05) is 24.3 Å². The van der Waals surface area contributed by atoms with Crippen molar-refractivity contribution in [3.63, 3.8) is 0 Å². The Balaban J connectivity index is 2.43. The first-order chi connectivity index (χ1) is 9.56. The molecule has 0 radical (unpaired) electrons. The predicted octanol–water partition coefficient (Wildman–Crippen LogP) is 4.76. The molecule has 1 atom stereocenters. The second-order valence-electron chi connectivity index (χ2n) is 4.51. The van der Waals surface area contributed by atoms with Crippen LogP contribution in [-0.4, -0.2) is 12.2 Å². The molecule has 0 aliphatic heterocycles. The van der Waals surface area contributed by atoms with E-state index in [0.29, 0.717) is 16.3 Å². The van der Waals surface area contributed by atoms with Crippen molar-refractivity contribution in [3.05, 3.63) is 62.6 Å². The molecular weight excluding hydrogens is 340 g/mol. The summed E-state index contributed by atoms with van der Waals surface area (Å²) in [5.74, 6) is 0.599. The van der Waals surface area contributed by atoms with Gasteiger partial charge in [-0.25, -0.2) is 0 Å². The fraction of sp³-hybridized carbons (Fsp3) is 0.250. The van der Waals surface area contributed by atoms with Gasteiger partial charge in [-0.15, -0.1) is 0 Å². The summed E-state index contributed by atoms with van der Waals surface area (Å²) < 4.78 is 6.08. The number of aryl methyl sites for hydroxylation is 1. The Bertz CT molecular complexity index is 596. The summed E-state index contributed by atoms with van der Waals surface area (Å²) in [4.78, 5) is 0. The summed E-state index contributed by atoms with van der Waals surface area (Å²) in [6.45, 7) is 2.10. The van der Waals surface area contributed by atoms with Gasteiger partial charge in [0, 0.05) is 10.6 Å². The number of halogens is 2. The molecule has 0 aliphatic rings. The Morgan fingerprint density at radius 1 is 1.25 bits per heavy atom. The maximum Gasteiger partial charge on any atom is 0.139 e. The first-order valence-corrected chi connectivity index (χ1v) is 7.53. The van der Waals surface area contributed by atoms with Crippen LogP contribution >= 0.6 is 27.5 Å². The Kier molecular flexibility index (Phi) is 5.08. The van der Waals surface area contributed by atoms with Gasteiger partial charge in [0.25, 0.3) is 0 Å². The van der Waals surface area contributed by atoms with Crippen molar-refractivity contribution in [3.8, 4) is 5.75 Å². The molecule has 0 bridgehead atoms. The minimum Gasteiger partial charge on any atom is -0.495 e. The van der Waals surface area contributed by atoms with Crippen molar-refractivity contribution in [2.45, 2.75) is 19.4 Å². The molecule has 2 aromatic rings. The van der Waals surface area contributed by atoms with Crippen LogP contribution in [-0.2, 0) is 6.42 Å². The third-order valence-electron chi connectivity index (χ3n) is 3.24. The van der Waals surface area contributed by atoms with E-state index in [2.05, 4.69) is 22.9 Å². The number of aliphatic hydroxyl groups excluding tert-OH is 1. The van der Waals surface area contributed by atoms with Crippen LogP contribution in [0.4, 0.5) is 0 Å².